The van der Waals surface area contributed by atoms with Crippen LogP contribution < -0.4 is 9.47 Å². The number of ether oxygens (including phenoxy) is 2. The SMILES string of the molecule is O=C(c1cccc2c1OCCO2)c1c(F)ccc(Br)c1F. The predicted octanol–water partition coefficient (Wildman–Crippen LogP) is 3.73. The smallest absolute Gasteiger partial charge is 0.202 e. The quantitative estimate of drug-likeness (QED) is 0.608. The van der Waals surface area contributed by atoms with Crippen LogP contribution in [0.1, 0.15) is 15.9 Å². The van der Waals surface area contributed by atoms with Crippen LogP contribution >= 0.6 is 15.9 Å². The van der Waals surface area contributed by atoms with Gasteiger partial charge in [-0.15, -0.1) is 0 Å². The molecule has 1 heterocycles. The van der Waals surface area contributed by atoms with Crippen molar-refractivity contribution in [2.45, 2.75) is 0 Å². The number of benzene rings is 2. The first-order valence-electron chi connectivity index (χ1n) is 6.16. The van der Waals surface area contributed by atoms with Crippen molar-refractivity contribution in [3.63, 3.8) is 0 Å². The van der Waals surface area contributed by atoms with E-state index in [0.717, 1.165) is 6.07 Å². The van der Waals surface area contributed by atoms with E-state index in [-0.39, 0.29) is 22.4 Å². The molecule has 3 nitrogen and oxygen atoms in total. The highest BCUT2D eigenvalue weighted by Gasteiger charge is 2.26. The highest BCUT2D eigenvalue weighted by molar-refractivity contribution is 9.10. The fourth-order valence-corrected chi connectivity index (χ4v) is 2.45. The zero-order valence-corrected chi connectivity index (χ0v) is 12.2. The molecule has 0 aliphatic carbocycles. The van der Waals surface area contributed by atoms with E-state index in [2.05, 4.69) is 15.9 Å². The maximum Gasteiger partial charge on any atom is 0.202 e. The molecule has 0 fully saturated rings. The van der Waals surface area contributed by atoms with Crippen LogP contribution in [0.4, 0.5) is 8.78 Å². The first-order chi connectivity index (χ1) is 10.1. The van der Waals surface area contributed by atoms with Gasteiger partial charge in [0, 0.05) is 0 Å². The minimum Gasteiger partial charge on any atom is -0.486 e. The number of hydrogen-bond donors (Lipinski definition) is 0. The molecule has 0 unspecified atom stereocenters. The van der Waals surface area contributed by atoms with Crippen molar-refractivity contribution in [2.24, 2.45) is 0 Å². The monoisotopic (exact) mass is 354 g/mol. The van der Waals surface area contributed by atoms with Crippen LogP contribution in [0.2, 0.25) is 0 Å². The third-order valence-electron chi connectivity index (χ3n) is 3.08. The molecule has 108 valence electrons. The summed E-state index contributed by atoms with van der Waals surface area (Å²) in [7, 11) is 0. The Hall–Kier alpha value is -1.95. The molecule has 0 amide bonds. The summed E-state index contributed by atoms with van der Waals surface area (Å²) in [5.41, 5.74) is -0.546. The Kier molecular flexibility index (Phi) is 3.63. The van der Waals surface area contributed by atoms with E-state index < -0.39 is 23.0 Å². The molecule has 0 saturated heterocycles. The van der Waals surface area contributed by atoms with Gasteiger partial charge in [0.25, 0.3) is 0 Å². The molecule has 6 heteroatoms. The maximum atomic E-state index is 14.1. The van der Waals surface area contributed by atoms with Crippen LogP contribution in [-0.4, -0.2) is 19.0 Å². The van der Waals surface area contributed by atoms with Gasteiger partial charge in [-0.05, 0) is 40.2 Å². The second-order valence-corrected chi connectivity index (χ2v) is 5.23. The molecule has 0 bridgehead atoms. The van der Waals surface area contributed by atoms with Gasteiger partial charge >= 0.3 is 0 Å². The number of carbonyl (C=O) groups excluding carboxylic acids is 1. The van der Waals surface area contributed by atoms with Crippen molar-refractivity contribution < 1.29 is 23.0 Å². The van der Waals surface area contributed by atoms with Crippen molar-refractivity contribution in [3.8, 4) is 11.5 Å². The molecule has 2 aromatic rings. The Morgan fingerprint density at radius 3 is 2.67 bits per heavy atom. The summed E-state index contributed by atoms with van der Waals surface area (Å²) < 4.78 is 38.7. The van der Waals surface area contributed by atoms with Crippen molar-refractivity contribution in [1.29, 1.82) is 0 Å². The fraction of sp³-hybridized carbons (Fsp3) is 0.133. The van der Waals surface area contributed by atoms with E-state index >= 15 is 0 Å². The van der Waals surface area contributed by atoms with Gasteiger partial charge in [0.15, 0.2) is 17.3 Å². The summed E-state index contributed by atoms with van der Waals surface area (Å²) in [4.78, 5) is 12.5. The van der Waals surface area contributed by atoms with Crippen molar-refractivity contribution in [3.05, 3.63) is 57.6 Å². The Morgan fingerprint density at radius 2 is 1.86 bits per heavy atom. The first kappa shape index (κ1) is 14.0. The lowest BCUT2D eigenvalue weighted by Gasteiger charge is -2.20. The number of para-hydroxylation sites is 1. The third-order valence-corrected chi connectivity index (χ3v) is 3.69. The molecule has 3 rings (SSSR count). The summed E-state index contributed by atoms with van der Waals surface area (Å²) in [6.45, 7) is 0.644. The fourth-order valence-electron chi connectivity index (χ4n) is 2.12. The van der Waals surface area contributed by atoms with Gasteiger partial charge in [-0.3, -0.25) is 4.79 Å². The molecule has 0 saturated carbocycles. The van der Waals surface area contributed by atoms with E-state index in [9.17, 15) is 13.6 Å². The summed E-state index contributed by atoms with van der Waals surface area (Å²) in [6.07, 6.45) is 0. The number of carbonyl (C=O) groups is 1. The normalized spacial score (nSPS) is 13.1. The molecule has 0 atom stereocenters. The van der Waals surface area contributed by atoms with E-state index in [0.29, 0.717) is 12.4 Å². The summed E-state index contributed by atoms with van der Waals surface area (Å²) in [5.74, 6) is -2.03. The van der Waals surface area contributed by atoms with Gasteiger partial charge in [0.2, 0.25) is 5.78 Å². The number of halogens is 3. The highest BCUT2D eigenvalue weighted by Crippen LogP contribution is 2.36. The topological polar surface area (TPSA) is 35.5 Å². The van der Waals surface area contributed by atoms with Gasteiger partial charge < -0.3 is 9.47 Å². The van der Waals surface area contributed by atoms with E-state index in [1.807, 2.05) is 0 Å². The maximum absolute atomic E-state index is 14.1. The molecule has 1 aliphatic heterocycles. The lowest BCUT2D eigenvalue weighted by molar-refractivity contribution is 0.101. The Bertz CT molecular complexity index is 731. The van der Waals surface area contributed by atoms with Crippen LogP contribution in [0, 0.1) is 11.6 Å². The average Bonchev–Trinajstić information content (AvgIpc) is 2.50. The van der Waals surface area contributed by atoms with Gasteiger partial charge in [-0.2, -0.15) is 0 Å². The number of rotatable bonds is 2. The summed E-state index contributed by atoms with van der Waals surface area (Å²) in [5, 5.41) is 0. The first-order valence-corrected chi connectivity index (χ1v) is 6.95. The van der Waals surface area contributed by atoms with Crippen LogP contribution in [0.25, 0.3) is 0 Å². The van der Waals surface area contributed by atoms with Crippen molar-refractivity contribution >= 4 is 21.7 Å². The zero-order valence-electron chi connectivity index (χ0n) is 10.7. The standard InChI is InChI=1S/C15H9BrF2O3/c16-9-4-5-10(17)12(13(9)18)14(19)8-2-1-3-11-15(8)21-7-6-20-11/h1-5H,6-7H2. The van der Waals surface area contributed by atoms with Gasteiger partial charge in [-0.25, -0.2) is 8.78 Å². The largest absolute Gasteiger partial charge is 0.486 e. The van der Waals surface area contributed by atoms with Gasteiger partial charge in [0.05, 0.1) is 15.6 Å². The zero-order chi connectivity index (χ0) is 15.0. The van der Waals surface area contributed by atoms with E-state index in [1.54, 1.807) is 12.1 Å². The Morgan fingerprint density at radius 1 is 1.10 bits per heavy atom. The molecular weight excluding hydrogens is 346 g/mol. The lowest BCUT2D eigenvalue weighted by Crippen LogP contribution is -2.18. The molecule has 2 aromatic carbocycles. The van der Waals surface area contributed by atoms with Crippen LogP contribution in [0.3, 0.4) is 0 Å². The van der Waals surface area contributed by atoms with E-state index in [4.69, 9.17) is 9.47 Å². The average molecular weight is 355 g/mol. The highest BCUT2D eigenvalue weighted by atomic mass is 79.9. The predicted molar refractivity (Wildman–Crippen MR) is 74.9 cm³/mol. The summed E-state index contributed by atoms with van der Waals surface area (Å²) >= 11 is 2.95. The molecular formula is C15H9BrF2O3. The van der Waals surface area contributed by atoms with Gasteiger partial charge in [0.1, 0.15) is 19.0 Å². The van der Waals surface area contributed by atoms with Crippen LogP contribution in [0.15, 0.2) is 34.8 Å². The third kappa shape index (κ3) is 2.40. The number of hydrogen-bond acceptors (Lipinski definition) is 3. The number of fused-ring (bicyclic) bond motifs is 1. The molecule has 1 aliphatic rings. The van der Waals surface area contributed by atoms with Crippen LogP contribution in [0.5, 0.6) is 11.5 Å². The molecule has 0 aromatic heterocycles. The second-order valence-electron chi connectivity index (χ2n) is 4.38. The minimum absolute atomic E-state index is 0.0224. The van der Waals surface area contributed by atoms with Crippen LogP contribution in [-0.2, 0) is 0 Å². The minimum atomic E-state index is -0.936. The Balaban J connectivity index is 2.14. The molecule has 0 spiro atoms. The van der Waals surface area contributed by atoms with E-state index in [1.165, 1.54) is 12.1 Å². The molecule has 0 N–H and O–H groups in total. The lowest BCUT2D eigenvalue weighted by atomic mass is 10.0. The second kappa shape index (κ2) is 5.44. The molecule has 21 heavy (non-hydrogen) atoms. The van der Waals surface area contributed by atoms with Crippen molar-refractivity contribution in [2.75, 3.05) is 13.2 Å². The van der Waals surface area contributed by atoms with Crippen molar-refractivity contribution in [1.82, 2.24) is 0 Å². The summed E-state index contributed by atoms with van der Waals surface area (Å²) in [6, 6.07) is 6.91. The van der Waals surface area contributed by atoms with Gasteiger partial charge in [-0.1, -0.05) is 6.07 Å². The number of ketones is 1. The molecule has 0 radical (unpaired) electrons. The Labute approximate surface area is 127 Å².